The van der Waals surface area contributed by atoms with Gasteiger partial charge in [0, 0.05) is 10.6 Å². The molecular weight excluding hydrogens is 359 g/mol. The number of aromatic amines is 1. The van der Waals surface area contributed by atoms with Gasteiger partial charge < -0.3 is 0 Å². The lowest BCUT2D eigenvalue weighted by Gasteiger charge is -2.01. The summed E-state index contributed by atoms with van der Waals surface area (Å²) in [6, 6.07) is 16.3. The predicted octanol–water partition coefficient (Wildman–Crippen LogP) is 4.54. The number of H-pyrrole nitrogens is 1. The summed E-state index contributed by atoms with van der Waals surface area (Å²) in [6.07, 6.45) is 0. The van der Waals surface area contributed by atoms with Gasteiger partial charge in [0.2, 0.25) is 0 Å². The summed E-state index contributed by atoms with van der Waals surface area (Å²) in [5.41, 5.74) is 5.66. The van der Waals surface area contributed by atoms with E-state index in [2.05, 4.69) is 20.7 Å². The summed E-state index contributed by atoms with van der Waals surface area (Å²) in [4.78, 5) is 12.2. The largest absolute Gasteiger partial charge is 0.289 e. The molecule has 1 amide bonds. The standard InChI is InChI=1S/C18H14Cl2N4O/c1-11(12-5-3-2-4-6-12)21-24-18(25)17-10-16(22-23-17)14-8-7-13(19)9-15(14)20/h2-10H,1H3,(H,22,23)(H,24,25)/b21-11+. The van der Waals surface area contributed by atoms with Gasteiger partial charge in [-0.05, 0) is 36.8 Å². The van der Waals surface area contributed by atoms with Crippen LogP contribution in [0.5, 0.6) is 0 Å². The first kappa shape index (κ1) is 17.2. The second kappa shape index (κ2) is 7.51. The summed E-state index contributed by atoms with van der Waals surface area (Å²) in [6.45, 7) is 1.82. The van der Waals surface area contributed by atoms with Crippen LogP contribution in [0.15, 0.2) is 59.7 Å². The van der Waals surface area contributed by atoms with E-state index in [0.717, 1.165) is 5.56 Å². The number of nitrogens with one attached hydrogen (secondary N) is 2. The van der Waals surface area contributed by atoms with E-state index in [1.807, 2.05) is 37.3 Å². The Bertz CT molecular complexity index is 935. The van der Waals surface area contributed by atoms with Crippen molar-refractivity contribution in [2.24, 2.45) is 5.10 Å². The van der Waals surface area contributed by atoms with Gasteiger partial charge in [-0.1, -0.05) is 53.5 Å². The van der Waals surface area contributed by atoms with E-state index in [1.165, 1.54) is 0 Å². The highest BCUT2D eigenvalue weighted by Gasteiger charge is 2.13. The van der Waals surface area contributed by atoms with Crippen LogP contribution in [0.2, 0.25) is 10.0 Å². The fourth-order valence-corrected chi connectivity index (χ4v) is 2.72. The Labute approximate surface area is 154 Å². The number of aromatic nitrogens is 2. The molecule has 0 unspecified atom stereocenters. The molecule has 1 aromatic heterocycles. The first-order valence-electron chi connectivity index (χ1n) is 7.45. The molecule has 0 saturated heterocycles. The fourth-order valence-electron chi connectivity index (χ4n) is 2.21. The van der Waals surface area contributed by atoms with Crippen LogP contribution in [0, 0.1) is 0 Å². The Morgan fingerprint density at radius 1 is 1.12 bits per heavy atom. The number of rotatable bonds is 4. The van der Waals surface area contributed by atoms with Crippen molar-refractivity contribution in [3.05, 3.63) is 75.9 Å². The van der Waals surface area contributed by atoms with Gasteiger partial charge in [0.05, 0.1) is 16.4 Å². The number of benzene rings is 2. The summed E-state index contributed by atoms with van der Waals surface area (Å²) in [7, 11) is 0. The topological polar surface area (TPSA) is 70.1 Å². The second-order valence-electron chi connectivity index (χ2n) is 5.30. The van der Waals surface area contributed by atoms with E-state index in [9.17, 15) is 4.79 Å². The van der Waals surface area contributed by atoms with E-state index >= 15 is 0 Å². The predicted molar refractivity (Wildman–Crippen MR) is 100 cm³/mol. The Morgan fingerprint density at radius 2 is 1.88 bits per heavy atom. The molecule has 2 N–H and O–H groups in total. The summed E-state index contributed by atoms with van der Waals surface area (Å²) in [5, 5.41) is 11.9. The molecule has 2 aromatic carbocycles. The number of hydrogen-bond acceptors (Lipinski definition) is 3. The quantitative estimate of drug-likeness (QED) is 0.521. The second-order valence-corrected chi connectivity index (χ2v) is 6.14. The van der Waals surface area contributed by atoms with Crippen molar-refractivity contribution >= 4 is 34.8 Å². The van der Waals surface area contributed by atoms with Crippen molar-refractivity contribution in [3.63, 3.8) is 0 Å². The smallest absolute Gasteiger partial charge is 0.272 e. The third kappa shape index (κ3) is 4.07. The van der Waals surface area contributed by atoms with Crippen molar-refractivity contribution in [2.45, 2.75) is 6.92 Å². The summed E-state index contributed by atoms with van der Waals surface area (Å²) >= 11 is 12.1. The maximum absolute atomic E-state index is 12.2. The molecule has 0 aliphatic heterocycles. The molecule has 0 radical (unpaired) electrons. The number of carbonyl (C=O) groups excluding carboxylic acids is 1. The maximum atomic E-state index is 12.2. The van der Waals surface area contributed by atoms with Crippen LogP contribution in [-0.4, -0.2) is 21.8 Å². The Kier molecular flexibility index (Phi) is 5.16. The first-order chi connectivity index (χ1) is 12.0. The monoisotopic (exact) mass is 372 g/mol. The molecule has 3 aromatic rings. The van der Waals surface area contributed by atoms with Crippen LogP contribution in [0.4, 0.5) is 0 Å². The van der Waals surface area contributed by atoms with E-state index in [1.54, 1.807) is 24.3 Å². The minimum Gasteiger partial charge on any atom is -0.272 e. The Balaban J connectivity index is 1.75. The number of hydrazone groups is 1. The molecule has 0 saturated carbocycles. The number of hydrogen-bond donors (Lipinski definition) is 2. The SMILES string of the molecule is C/C(=N\NC(=O)c1cc(-c2ccc(Cl)cc2Cl)n[nH]1)c1ccccc1. The van der Waals surface area contributed by atoms with Crippen molar-refractivity contribution < 1.29 is 4.79 Å². The van der Waals surface area contributed by atoms with Gasteiger partial charge in [0.15, 0.2) is 0 Å². The van der Waals surface area contributed by atoms with Crippen LogP contribution < -0.4 is 5.43 Å². The van der Waals surface area contributed by atoms with Gasteiger partial charge in [0.25, 0.3) is 5.91 Å². The molecule has 0 bridgehead atoms. The molecule has 0 atom stereocenters. The average Bonchev–Trinajstić information content (AvgIpc) is 3.10. The molecule has 0 fully saturated rings. The van der Waals surface area contributed by atoms with Crippen LogP contribution >= 0.6 is 23.2 Å². The minimum atomic E-state index is -0.390. The number of carbonyl (C=O) groups is 1. The third-order valence-electron chi connectivity index (χ3n) is 3.55. The zero-order valence-electron chi connectivity index (χ0n) is 13.3. The molecule has 0 spiro atoms. The van der Waals surface area contributed by atoms with Crippen molar-refractivity contribution in [3.8, 4) is 11.3 Å². The zero-order chi connectivity index (χ0) is 17.8. The lowest BCUT2D eigenvalue weighted by molar-refractivity contribution is 0.0950. The molecule has 5 nitrogen and oxygen atoms in total. The van der Waals surface area contributed by atoms with E-state index in [4.69, 9.17) is 23.2 Å². The molecule has 0 aliphatic rings. The van der Waals surface area contributed by atoms with Gasteiger partial charge in [-0.15, -0.1) is 0 Å². The van der Waals surface area contributed by atoms with Crippen LogP contribution in [-0.2, 0) is 0 Å². The fraction of sp³-hybridized carbons (Fsp3) is 0.0556. The zero-order valence-corrected chi connectivity index (χ0v) is 14.8. The lowest BCUT2D eigenvalue weighted by Crippen LogP contribution is -2.19. The van der Waals surface area contributed by atoms with Gasteiger partial charge in [-0.3, -0.25) is 9.89 Å². The Morgan fingerprint density at radius 3 is 2.60 bits per heavy atom. The third-order valence-corrected chi connectivity index (χ3v) is 4.09. The normalized spacial score (nSPS) is 11.4. The van der Waals surface area contributed by atoms with E-state index in [-0.39, 0.29) is 11.6 Å². The summed E-state index contributed by atoms with van der Waals surface area (Å²) in [5.74, 6) is -0.390. The number of amides is 1. The highest BCUT2D eigenvalue weighted by molar-refractivity contribution is 6.36. The molecule has 0 aliphatic carbocycles. The van der Waals surface area contributed by atoms with Crippen LogP contribution in [0.25, 0.3) is 11.3 Å². The van der Waals surface area contributed by atoms with Gasteiger partial charge in [-0.25, -0.2) is 5.43 Å². The van der Waals surface area contributed by atoms with Gasteiger partial charge in [0.1, 0.15) is 5.69 Å². The highest BCUT2D eigenvalue weighted by Crippen LogP contribution is 2.29. The number of halogens is 2. The minimum absolute atomic E-state index is 0.283. The lowest BCUT2D eigenvalue weighted by atomic mass is 10.1. The molecule has 3 rings (SSSR count). The summed E-state index contributed by atoms with van der Waals surface area (Å²) < 4.78 is 0. The van der Waals surface area contributed by atoms with Crippen molar-refractivity contribution in [2.75, 3.05) is 0 Å². The molecular formula is C18H14Cl2N4O. The average molecular weight is 373 g/mol. The van der Waals surface area contributed by atoms with Gasteiger partial charge >= 0.3 is 0 Å². The van der Waals surface area contributed by atoms with E-state index in [0.29, 0.717) is 27.0 Å². The van der Waals surface area contributed by atoms with Crippen LogP contribution in [0.3, 0.4) is 0 Å². The molecule has 126 valence electrons. The maximum Gasteiger partial charge on any atom is 0.289 e. The van der Waals surface area contributed by atoms with Crippen LogP contribution in [0.1, 0.15) is 23.0 Å². The molecule has 1 heterocycles. The van der Waals surface area contributed by atoms with Crippen molar-refractivity contribution in [1.82, 2.24) is 15.6 Å². The molecule has 25 heavy (non-hydrogen) atoms. The Hall–Kier alpha value is -2.63. The van der Waals surface area contributed by atoms with Crippen molar-refractivity contribution in [1.29, 1.82) is 0 Å². The van der Waals surface area contributed by atoms with E-state index < -0.39 is 0 Å². The highest BCUT2D eigenvalue weighted by atomic mass is 35.5. The van der Waals surface area contributed by atoms with Gasteiger partial charge in [-0.2, -0.15) is 10.2 Å². The first-order valence-corrected chi connectivity index (χ1v) is 8.21. The number of nitrogens with zero attached hydrogens (tertiary/aromatic N) is 2. The molecule has 7 heteroatoms.